The molecule has 5 nitrogen and oxygen atoms in total. The Morgan fingerprint density at radius 3 is 2.68 bits per heavy atom. The van der Waals surface area contributed by atoms with Crippen molar-refractivity contribution >= 4 is 17.5 Å². The van der Waals surface area contributed by atoms with Gasteiger partial charge in [-0.15, -0.1) is 0 Å². The molecule has 0 aliphatic carbocycles. The highest BCUT2D eigenvalue weighted by Crippen LogP contribution is 2.33. The average Bonchev–Trinajstić information content (AvgIpc) is 2.53. The number of ether oxygens (including phenoxy) is 1. The zero-order valence-corrected chi connectivity index (χ0v) is 13.1. The van der Waals surface area contributed by atoms with Gasteiger partial charge in [-0.25, -0.2) is 0 Å². The smallest absolute Gasteiger partial charge is 0.268 e. The molecule has 1 unspecified atom stereocenters. The number of nitrogens with zero attached hydrogens (tertiary/aromatic N) is 2. The van der Waals surface area contributed by atoms with E-state index in [1.165, 1.54) is 0 Å². The monoisotopic (exact) mass is 302 g/mol. The molecule has 2 heterocycles. The first-order chi connectivity index (χ1) is 10.6. The Morgan fingerprint density at radius 1 is 1.27 bits per heavy atom. The molecular formula is C17H22N2O3. The SMILES string of the molecule is CC1CCN(C(=O)CC2Oc3ccccc3N(C)C2=O)CC1. The van der Waals surface area contributed by atoms with Crippen LogP contribution in [0.3, 0.4) is 0 Å². The van der Waals surface area contributed by atoms with Crippen molar-refractivity contribution in [1.82, 2.24) is 4.90 Å². The molecule has 22 heavy (non-hydrogen) atoms. The lowest BCUT2D eigenvalue weighted by Crippen LogP contribution is -2.47. The van der Waals surface area contributed by atoms with E-state index in [9.17, 15) is 9.59 Å². The fourth-order valence-electron chi connectivity index (χ4n) is 3.05. The van der Waals surface area contributed by atoms with E-state index in [1.54, 1.807) is 11.9 Å². The van der Waals surface area contributed by atoms with Gasteiger partial charge >= 0.3 is 0 Å². The molecule has 0 aromatic heterocycles. The fraction of sp³-hybridized carbons (Fsp3) is 0.529. The van der Waals surface area contributed by atoms with Gasteiger partial charge in [0.25, 0.3) is 5.91 Å². The number of anilines is 1. The van der Waals surface area contributed by atoms with Gasteiger partial charge in [0.05, 0.1) is 12.1 Å². The maximum atomic E-state index is 12.4. The Morgan fingerprint density at radius 2 is 1.95 bits per heavy atom. The Balaban J connectivity index is 1.68. The van der Waals surface area contributed by atoms with Crippen molar-refractivity contribution in [3.63, 3.8) is 0 Å². The lowest BCUT2D eigenvalue weighted by molar-refractivity contribution is -0.138. The van der Waals surface area contributed by atoms with Crippen LogP contribution in [0.25, 0.3) is 0 Å². The van der Waals surface area contributed by atoms with E-state index in [0.29, 0.717) is 11.7 Å². The molecule has 0 spiro atoms. The molecule has 0 N–H and O–H groups in total. The summed E-state index contributed by atoms with van der Waals surface area (Å²) in [7, 11) is 1.73. The zero-order chi connectivity index (χ0) is 15.7. The largest absolute Gasteiger partial charge is 0.478 e. The van der Waals surface area contributed by atoms with Gasteiger partial charge in [-0.2, -0.15) is 0 Å². The summed E-state index contributed by atoms with van der Waals surface area (Å²) in [6.07, 6.45) is 1.47. The minimum absolute atomic E-state index is 0.0121. The van der Waals surface area contributed by atoms with Crippen LogP contribution in [-0.4, -0.2) is 43.0 Å². The quantitative estimate of drug-likeness (QED) is 0.840. The first-order valence-electron chi connectivity index (χ1n) is 7.87. The summed E-state index contributed by atoms with van der Waals surface area (Å²) >= 11 is 0. The minimum Gasteiger partial charge on any atom is -0.478 e. The molecule has 1 atom stereocenters. The molecule has 1 aromatic carbocycles. The third-order valence-corrected chi connectivity index (χ3v) is 4.60. The molecule has 3 rings (SSSR count). The number of likely N-dealkylation sites (N-methyl/N-ethyl adjacent to an activating group) is 1. The van der Waals surface area contributed by atoms with Gasteiger partial charge in [0.2, 0.25) is 5.91 Å². The van der Waals surface area contributed by atoms with Crippen molar-refractivity contribution in [3.8, 4) is 5.75 Å². The number of amides is 2. The van der Waals surface area contributed by atoms with Gasteiger partial charge in [-0.05, 0) is 30.9 Å². The highest BCUT2D eigenvalue weighted by molar-refractivity contribution is 6.01. The number of carbonyl (C=O) groups excluding carboxylic acids is 2. The van der Waals surface area contributed by atoms with Crippen molar-refractivity contribution in [3.05, 3.63) is 24.3 Å². The van der Waals surface area contributed by atoms with Crippen LogP contribution < -0.4 is 9.64 Å². The first kappa shape index (κ1) is 14.9. The second-order valence-corrected chi connectivity index (χ2v) is 6.24. The Bertz CT molecular complexity index is 579. The number of likely N-dealkylation sites (tertiary alicyclic amines) is 1. The Kier molecular flexibility index (Phi) is 4.05. The summed E-state index contributed by atoms with van der Waals surface area (Å²) in [6.45, 7) is 3.78. The lowest BCUT2D eigenvalue weighted by Gasteiger charge is -2.34. The molecule has 2 aliphatic heterocycles. The van der Waals surface area contributed by atoms with Gasteiger partial charge in [-0.3, -0.25) is 9.59 Å². The number of hydrogen-bond acceptors (Lipinski definition) is 3. The lowest BCUT2D eigenvalue weighted by atomic mass is 9.98. The highest BCUT2D eigenvalue weighted by Gasteiger charge is 2.35. The second-order valence-electron chi connectivity index (χ2n) is 6.24. The Hall–Kier alpha value is -2.04. The van der Waals surface area contributed by atoms with E-state index in [2.05, 4.69) is 6.92 Å². The molecule has 1 saturated heterocycles. The number of para-hydroxylation sites is 2. The molecule has 0 bridgehead atoms. The maximum absolute atomic E-state index is 12.4. The predicted octanol–water partition coefficient (Wildman–Crippen LogP) is 2.06. The van der Waals surface area contributed by atoms with Gasteiger partial charge in [0.1, 0.15) is 5.75 Å². The van der Waals surface area contributed by atoms with E-state index in [1.807, 2.05) is 29.2 Å². The standard InChI is InChI=1S/C17H22N2O3/c1-12-7-9-19(10-8-12)16(20)11-15-17(21)18(2)13-5-3-4-6-14(13)22-15/h3-6,12,15H,7-11H2,1-2H3. The number of carbonyl (C=O) groups is 2. The van der Waals surface area contributed by atoms with Crippen molar-refractivity contribution in [1.29, 1.82) is 0 Å². The van der Waals surface area contributed by atoms with E-state index in [0.717, 1.165) is 31.6 Å². The topological polar surface area (TPSA) is 49.9 Å². The van der Waals surface area contributed by atoms with Crippen LogP contribution in [0.1, 0.15) is 26.2 Å². The molecule has 0 saturated carbocycles. The normalized spacial score (nSPS) is 22.3. The third-order valence-electron chi connectivity index (χ3n) is 4.60. The first-order valence-corrected chi connectivity index (χ1v) is 7.87. The number of benzene rings is 1. The zero-order valence-electron chi connectivity index (χ0n) is 13.1. The van der Waals surface area contributed by atoms with E-state index >= 15 is 0 Å². The molecule has 5 heteroatoms. The predicted molar refractivity (Wildman–Crippen MR) is 83.9 cm³/mol. The van der Waals surface area contributed by atoms with Crippen molar-refractivity contribution < 1.29 is 14.3 Å². The summed E-state index contributed by atoms with van der Waals surface area (Å²) in [4.78, 5) is 28.2. The Labute approximate surface area is 130 Å². The average molecular weight is 302 g/mol. The van der Waals surface area contributed by atoms with Gasteiger partial charge in [0, 0.05) is 20.1 Å². The van der Waals surface area contributed by atoms with Crippen molar-refractivity contribution in [2.45, 2.75) is 32.3 Å². The fourth-order valence-corrected chi connectivity index (χ4v) is 3.05. The molecular weight excluding hydrogens is 280 g/mol. The summed E-state index contributed by atoms with van der Waals surface area (Å²) in [5.74, 6) is 1.19. The summed E-state index contributed by atoms with van der Waals surface area (Å²) in [6, 6.07) is 7.41. The minimum atomic E-state index is -0.716. The van der Waals surface area contributed by atoms with Crippen LogP contribution in [-0.2, 0) is 9.59 Å². The molecule has 0 radical (unpaired) electrons. The highest BCUT2D eigenvalue weighted by atomic mass is 16.5. The number of hydrogen-bond donors (Lipinski definition) is 0. The summed E-state index contributed by atoms with van der Waals surface area (Å²) < 4.78 is 5.76. The van der Waals surface area contributed by atoms with Crippen LogP contribution in [0.4, 0.5) is 5.69 Å². The summed E-state index contributed by atoms with van der Waals surface area (Å²) in [5, 5.41) is 0. The van der Waals surface area contributed by atoms with Crippen molar-refractivity contribution in [2.24, 2.45) is 5.92 Å². The van der Waals surface area contributed by atoms with E-state index in [-0.39, 0.29) is 18.2 Å². The van der Waals surface area contributed by atoms with Crippen LogP contribution in [0.2, 0.25) is 0 Å². The number of piperidine rings is 1. The molecule has 1 aromatic rings. The van der Waals surface area contributed by atoms with Crippen LogP contribution in [0, 0.1) is 5.92 Å². The van der Waals surface area contributed by atoms with Crippen LogP contribution in [0.5, 0.6) is 5.75 Å². The van der Waals surface area contributed by atoms with Crippen molar-refractivity contribution in [2.75, 3.05) is 25.0 Å². The molecule has 1 fully saturated rings. The molecule has 118 valence electrons. The number of rotatable bonds is 2. The van der Waals surface area contributed by atoms with E-state index < -0.39 is 6.10 Å². The van der Waals surface area contributed by atoms with E-state index in [4.69, 9.17) is 4.74 Å². The second kappa shape index (κ2) is 5.99. The van der Waals surface area contributed by atoms with Gasteiger partial charge < -0.3 is 14.5 Å². The third kappa shape index (κ3) is 2.80. The van der Waals surface area contributed by atoms with Gasteiger partial charge in [-0.1, -0.05) is 19.1 Å². The van der Waals surface area contributed by atoms with Crippen LogP contribution in [0.15, 0.2) is 24.3 Å². The molecule has 2 aliphatic rings. The van der Waals surface area contributed by atoms with Crippen LogP contribution >= 0.6 is 0 Å². The molecule has 2 amide bonds. The van der Waals surface area contributed by atoms with Gasteiger partial charge in [0.15, 0.2) is 6.10 Å². The summed E-state index contributed by atoms with van der Waals surface area (Å²) in [5.41, 5.74) is 0.753. The maximum Gasteiger partial charge on any atom is 0.268 e. The number of fused-ring (bicyclic) bond motifs is 1.